The Kier molecular flexibility index (Phi) is 4.04. The minimum absolute atomic E-state index is 0.00222. The average Bonchev–Trinajstić information content (AvgIpc) is 2.77. The summed E-state index contributed by atoms with van der Waals surface area (Å²) in [6.07, 6.45) is 3.95. The number of nitrogen functional groups attached to an aromatic ring is 1. The molecule has 0 aromatic carbocycles. The van der Waals surface area contributed by atoms with Crippen molar-refractivity contribution in [2.45, 2.75) is 25.8 Å². The molecule has 1 aliphatic rings. The molecule has 0 bridgehead atoms. The summed E-state index contributed by atoms with van der Waals surface area (Å²) >= 11 is 0. The van der Waals surface area contributed by atoms with Crippen molar-refractivity contribution in [3.63, 3.8) is 0 Å². The molecule has 1 fully saturated rings. The van der Waals surface area contributed by atoms with Crippen molar-refractivity contribution < 1.29 is 4.79 Å². The van der Waals surface area contributed by atoms with Gasteiger partial charge in [-0.2, -0.15) is 0 Å². The monoisotopic (exact) mass is 262 g/mol. The van der Waals surface area contributed by atoms with Gasteiger partial charge in [0, 0.05) is 19.6 Å². The topological polar surface area (TPSA) is 62.5 Å². The molecule has 1 saturated heterocycles. The van der Waals surface area contributed by atoms with Gasteiger partial charge in [-0.3, -0.25) is 9.78 Å². The summed E-state index contributed by atoms with van der Waals surface area (Å²) in [6, 6.07) is 2.17. The highest BCUT2D eigenvalue weighted by Crippen LogP contribution is 2.17. The normalized spacial score (nSPS) is 19.6. The van der Waals surface area contributed by atoms with Gasteiger partial charge in [0.05, 0.1) is 23.1 Å². The lowest BCUT2D eigenvalue weighted by Crippen LogP contribution is -2.39. The molecule has 2 heterocycles. The predicted octanol–water partition coefficient (Wildman–Crippen LogP) is 1.14. The quantitative estimate of drug-likeness (QED) is 0.887. The van der Waals surface area contributed by atoms with E-state index < -0.39 is 0 Å². The van der Waals surface area contributed by atoms with E-state index >= 15 is 0 Å². The Morgan fingerprint density at radius 2 is 2.37 bits per heavy atom. The van der Waals surface area contributed by atoms with Gasteiger partial charge in [0.2, 0.25) is 0 Å². The van der Waals surface area contributed by atoms with Crippen LogP contribution in [0.2, 0.25) is 0 Å². The standard InChI is InChI=1S/C14H22N4O/c1-10-13(7-11(15)8-16-10)14(19)18(3)9-12-5-4-6-17(12)2/h7-8,12H,4-6,9,15H2,1-3H3. The van der Waals surface area contributed by atoms with Crippen LogP contribution in [-0.2, 0) is 0 Å². The van der Waals surface area contributed by atoms with Crippen molar-refractivity contribution in [2.75, 3.05) is 32.9 Å². The van der Waals surface area contributed by atoms with Gasteiger partial charge < -0.3 is 15.5 Å². The Hall–Kier alpha value is -1.62. The van der Waals surface area contributed by atoms with E-state index in [1.165, 1.54) is 6.42 Å². The van der Waals surface area contributed by atoms with E-state index in [2.05, 4.69) is 16.9 Å². The largest absolute Gasteiger partial charge is 0.397 e. The van der Waals surface area contributed by atoms with Crippen LogP contribution in [0.3, 0.4) is 0 Å². The number of anilines is 1. The lowest BCUT2D eigenvalue weighted by Gasteiger charge is -2.26. The first-order valence-corrected chi connectivity index (χ1v) is 6.67. The maximum atomic E-state index is 12.4. The molecule has 5 nitrogen and oxygen atoms in total. The Morgan fingerprint density at radius 3 is 3.00 bits per heavy atom. The molecule has 1 unspecified atom stereocenters. The Labute approximate surface area is 114 Å². The number of hydrogen-bond acceptors (Lipinski definition) is 4. The summed E-state index contributed by atoms with van der Waals surface area (Å²) in [5.74, 6) is -0.00222. The van der Waals surface area contributed by atoms with Gasteiger partial charge in [0.15, 0.2) is 0 Å². The van der Waals surface area contributed by atoms with E-state index in [1.54, 1.807) is 17.2 Å². The molecular formula is C14H22N4O. The summed E-state index contributed by atoms with van der Waals surface area (Å²) in [6.45, 7) is 3.71. The summed E-state index contributed by atoms with van der Waals surface area (Å²) < 4.78 is 0. The van der Waals surface area contributed by atoms with Gasteiger partial charge in [-0.1, -0.05) is 0 Å². The molecule has 0 saturated carbocycles. The summed E-state index contributed by atoms with van der Waals surface area (Å²) in [5, 5.41) is 0. The summed E-state index contributed by atoms with van der Waals surface area (Å²) in [4.78, 5) is 20.7. The Bertz CT molecular complexity index is 475. The second-order valence-corrected chi connectivity index (χ2v) is 5.36. The van der Waals surface area contributed by atoms with Gasteiger partial charge in [0.1, 0.15) is 0 Å². The molecule has 1 amide bonds. The molecular weight excluding hydrogens is 240 g/mol. The third kappa shape index (κ3) is 3.04. The second kappa shape index (κ2) is 5.57. The molecule has 0 aliphatic carbocycles. The minimum atomic E-state index is -0.00222. The predicted molar refractivity (Wildman–Crippen MR) is 76.0 cm³/mol. The van der Waals surface area contributed by atoms with Gasteiger partial charge in [-0.15, -0.1) is 0 Å². The van der Waals surface area contributed by atoms with Crippen LogP contribution >= 0.6 is 0 Å². The number of carbonyl (C=O) groups is 1. The van der Waals surface area contributed by atoms with Crippen LogP contribution in [0.15, 0.2) is 12.3 Å². The van der Waals surface area contributed by atoms with Gasteiger partial charge in [0.25, 0.3) is 5.91 Å². The SMILES string of the molecule is Cc1ncc(N)cc1C(=O)N(C)CC1CCCN1C. The molecule has 0 spiro atoms. The highest BCUT2D eigenvalue weighted by atomic mass is 16.2. The van der Waals surface area contributed by atoms with Crippen LogP contribution in [0.4, 0.5) is 5.69 Å². The third-order valence-electron chi connectivity index (χ3n) is 3.84. The van der Waals surface area contributed by atoms with E-state index in [0.717, 1.165) is 25.2 Å². The van der Waals surface area contributed by atoms with Gasteiger partial charge in [-0.05, 0) is 39.4 Å². The first-order chi connectivity index (χ1) is 8.99. The maximum Gasteiger partial charge on any atom is 0.255 e. The molecule has 2 rings (SSSR count). The van der Waals surface area contributed by atoms with E-state index in [4.69, 9.17) is 5.73 Å². The summed E-state index contributed by atoms with van der Waals surface area (Å²) in [7, 11) is 3.96. The van der Waals surface area contributed by atoms with Crippen LogP contribution in [0.5, 0.6) is 0 Å². The number of nitrogens with zero attached hydrogens (tertiary/aromatic N) is 3. The van der Waals surface area contributed by atoms with Crippen molar-refractivity contribution in [1.82, 2.24) is 14.8 Å². The Balaban J connectivity index is 2.08. The van der Waals surface area contributed by atoms with Crippen molar-refractivity contribution >= 4 is 11.6 Å². The molecule has 1 atom stereocenters. The van der Waals surface area contributed by atoms with E-state index in [9.17, 15) is 4.79 Å². The number of nitrogens with two attached hydrogens (primary N) is 1. The number of hydrogen-bond donors (Lipinski definition) is 1. The van der Waals surface area contributed by atoms with E-state index in [1.807, 2.05) is 14.0 Å². The third-order valence-corrected chi connectivity index (χ3v) is 3.84. The number of likely N-dealkylation sites (tertiary alicyclic amines) is 1. The number of likely N-dealkylation sites (N-methyl/N-ethyl adjacent to an activating group) is 2. The van der Waals surface area contributed by atoms with Crippen molar-refractivity contribution in [3.05, 3.63) is 23.5 Å². The highest BCUT2D eigenvalue weighted by molar-refractivity contribution is 5.95. The molecule has 2 N–H and O–H groups in total. The summed E-state index contributed by atoms with van der Waals surface area (Å²) in [5.41, 5.74) is 7.57. The first-order valence-electron chi connectivity index (χ1n) is 6.67. The highest BCUT2D eigenvalue weighted by Gasteiger charge is 2.25. The zero-order valence-corrected chi connectivity index (χ0v) is 11.9. The molecule has 1 aromatic rings. The fourth-order valence-corrected chi connectivity index (χ4v) is 2.58. The lowest BCUT2D eigenvalue weighted by molar-refractivity contribution is 0.0760. The Morgan fingerprint density at radius 1 is 1.63 bits per heavy atom. The average molecular weight is 262 g/mol. The van der Waals surface area contributed by atoms with Gasteiger partial charge >= 0.3 is 0 Å². The van der Waals surface area contributed by atoms with Crippen molar-refractivity contribution in [1.29, 1.82) is 0 Å². The van der Waals surface area contributed by atoms with Crippen LogP contribution in [0.25, 0.3) is 0 Å². The molecule has 1 aliphatic heterocycles. The molecule has 19 heavy (non-hydrogen) atoms. The fraction of sp³-hybridized carbons (Fsp3) is 0.571. The van der Waals surface area contributed by atoms with Crippen LogP contribution in [0.1, 0.15) is 28.9 Å². The lowest BCUT2D eigenvalue weighted by atomic mass is 10.1. The first kappa shape index (κ1) is 13.8. The number of aromatic nitrogens is 1. The molecule has 0 radical (unpaired) electrons. The number of pyridine rings is 1. The maximum absolute atomic E-state index is 12.4. The second-order valence-electron chi connectivity index (χ2n) is 5.36. The van der Waals surface area contributed by atoms with Crippen LogP contribution in [-0.4, -0.2) is 53.9 Å². The smallest absolute Gasteiger partial charge is 0.255 e. The van der Waals surface area contributed by atoms with Gasteiger partial charge in [-0.25, -0.2) is 0 Å². The number of carbonyl (C=O) groups excluding carboxylic acids is 1. The number of rotatable bonds is 3. The number of aryl methyl sites for hydroxylation is 1. The van der Waals surface area contributed by atoms with Crippen LogP contribution in [0, 0.1) is 6.92 Å². The van der Waals surface area contributed by atoms with E-state index in [0.29, 0.717) is 17.3 Å². The van der Waals surface area contributed by atoms with E-state index in [-0.39, 0.29) is 5.91 Å². The zero-order chi connectivity index (χ0) is 14.0. The van der Waals surface area contributed by atoms with Crippen molar-refractivity contribution in [2.24, 2.45) is 0 Å². The molecule has 104 valence electrons. The minimum Gasteiger partial charge on any atom is -0.397 e. The van der Waals surface area contributed by atoms with Crippen LogP contribution < -0.4 is 5.73 Å². The molecule has 1 aromatic heterocycles. The number of amides is 1. The fourth-order valence-electron chi connectivity index (χ4n) is 2.58. The zero-order valence-electron chi connectivity index (χ0n) is 11.9. The molecule has 5 heteroatoms. The van der Waals surface area contributed by atoms with Crippen molar-refractivity contribution in [3.8, 4) is 0 Å².